The number of ether oxygens (including phenoxy) is 1. The van der Waals surface area contributed by atoms with Crippen LogP contribution in [0.4, 0.5) is 9.80 Å². The number of rotatable bonds is 6. The minimum atomic E-state index is -0.915. The molecule has 0 radical (unpaired) electrons. The molecule has 0 bridgehead atoms. The summed E-state index contributed by atoms with van der Waals surface area (Å²) in [5.41, 5.74) is 6.28. The zero-order valence-electron chi connectivity index (χ0n) is 14.0. The summed E-state index contributed by atoms with van der Waals surface area (Å²) in [4.78, 5) is 36.6. The van der Waals surface area contributed by atoms with Gasteiger partial charge in [0.15, 0.2) is 0 Å². The monoisotopic (exact) mass is 373 g/mol. The van der Waals surface area contributed by atoms with E-state index in [1.54, 1.807) is 0 Å². The number of benzene rings is 1. The standard InChI is InChI=1S/C18H19N3O4S/c19-18(24)21-16(23)15-12-7-4-8-13(12)26-17(15)20-14(22)9-10-25-11-5-2-1-3-6-11/h1-3,5-6H,4,7-10H2,(H,20,22)(H3,19,21,23,24). The molecule has 0 fully saturated rings. The van der Waals surface area contributed by atoms with Crippen LogP contribution in [0.2, 0.25) is 0 Å². The second-order valence-electron chi connectivity index (χ2n) is 5.84. The Labute approximate surface area is 154 Å². The fourth-order valence-corrected chi connectivity index (χ4v) is 4.18. The first kappa shape index (κ1) is 17.9. The van der Waals surface area contributed by atoms with Gasteiger partial charge < -0.3 is 15.8 Å². The van der Waals surface area contributed by atoms with Crippen LogP contribution in [-0.4, -0.2) is 24.5 Å². The summed E-state index contributed by atoms with van der Waals surface area (Å²) in [6.45, 7) is 0.226. The first-order chi connectivity index (χ1) is 12.5. The number of imide groups is 1. The molecular formula is C18H19N3O4S. The van der Waals surface area contributed by atoms with Gasteiger partial charge in [0.05, 0.1) is 18.6 Å². The van der Waals surface area contributed by atoms with Crippen molar-refractivity contribution < 1.29 is 19.1 Å². The lowest BCUT2D eigenvalue weighted by atomic mass is 10.1. The van der Waals surface area contributed by atoms with Crippen molar-refractivity contribution in [3.8, 4) is 5.75 Å². The first-order valence-electron chi connectivity index (χ1n) is 8.27. The molecule has 0 spiro atoms. The number of anilines is 1. The third-order valence-electron chi connectivity index (χ3n) is 3.98. The number of fused-ring (bicyclic) bond motifs is 1. The van der Waals surface area contributed by atoms with Crippen LogP contribution in [0.5, 0.6) is 5.75 Å². The lowest BCUT2D eigenvalue weighted by molar-refractivity contribution is -0.116. The van der Waals surface area contributed by atoms with Gasteiger partial charge in [-0.05, 0) is 37.0 Å². The van der Waals surface area contributed by atoms with Crippen molar-refractivity contribution in [2.24, 2.45) is 5.73 Å². The van der Waals surface area contributed by atoms with Gasteiger partial charge in [-0.2, -0.15) is 0 Å². The van der Waals surface area contributed by atoms with Crippen LogP contribution in [-0.2, 0) is 17.6 Å². The molecule has 1 aromatic heterocycles. The van der Waals surface area contributed by atoms with Crippen molar-refractivity contribution in [3.05, 3.63) is 46.3 Å². The normalized spacial score (nSPS) is 12.3. The number of nitrogens with two attached hydrogens (primary N) is 1. The molecule has 4 N–H and O–H groups in total. The van der Waals surface area contributed by atoms with E-state index in [9.17, 15) is 14.4 Å². The van der Waals surface area contributed by atoms with Crippen molar-refractivity contribution in [2.75, 3.05) is 11.9 Å². The SMILES string of the molecule is NC(=O)NC(=O)c1c(NC(=O)CCOc2ccccc2)sc2c1CCC2. The average Bonchev–Trinajstić information content (AvgIpc) is 3.15. The molecule has 0 unspecified atom stereocenters. The van der Waals surface area contributed by atoms with Crippen LogP contribution in [0.3, 0.4) is 0 Å². The number of carbonyl (C=O) groups excluding carboxylic acids is 3. The quantitative estimate of drug-likeness (QED) is 0.722. The van der Waals surface area contributed by atoms with Gasteiger partial charge >= 0.3 is 6.03 Å². The Morgan fingerprint density at radius 1 is 1.15 bits per heavy atom. The van der Waals surface area contributed by atoms with Crippen molar-refractivity contribution in [1.29, 1.82) is 0 Å². The Kier molecular flexibility index (Phi) is 5.52. The highest BCUT2D eigenvalue weighted by Crippen LogP contribution is 2.39. The van der Waals surface area contributed by atoms with Crippen LogP contribution < -0.4 is 21.1 Å². The molecule has 26 heavy (non-hydrogen) atoms. The number of primary amides is 1. The molecule has 7 nitrogen and oxygen atoms in total. The van der Waals surface area contributed by atoms with E-state index in [4.69, 9.17) is 10.5 Å². The summed E-state index contributed by atoms with van der Waals surface area (Å²) < 4.78 is 5.51. The zero-order valence-corrected chi connectivity index (χ0v) is 14.9. The smallest absolute Gasteiger partial charge is 0.319 e. The van der Waals surface area contributed by atoms with Crippen molar-refractivity contribution in [3.63, 3.8) is 0 Å². The molecule has 3 rings (SSSR count). The Balaban J connectivity index is 1.64. The van der Waals surface area contributed by atoms with Gasteiger partial charge in [0.2, 0.25) is 5.91 Å². The number of para-hydroxylation sites is 1. The number of urea groups is 1. The van der Waals surface area contributed by atoms with Gasteiger partial charge in [-0.25, -0.2) is 4.79 Å². The van der Waals surface area contributed by atoms with Crippen LogP contribution in [0.1, 0.15) is 33.6 Å². The summed E-state index contributed by atoms with van der Waals surface area (Å²) in [6, 6.07) is 8.30. The molecule has 2 aromatic rings. The Morgan fingerprint density at radius 3 is 2.65 bits per heavy atom. The third-order valence-corrected chi connectivity index (χ3v) is 5.19. The second-order valence-corrected chi connectivity index (χ2v) is 6.94. The molecular weight excluding hydrogens is 354 g/mol. The summed E-state index contributed by atoms with van der Waals surface area (Å²) in [7, 11) is 0. The Bertz CT molecular complexity index is 832. The molecule has 0 saturated heterocycles. The summed E-state index contributed by atoms with van der Waals surface area (Å²) in [5, 5.41) is 5.31. The molecule has 0 aliphatic heterocycles. The fraction of sp³-hybridized carbons (Fsp3) is 0.278. The first-order valence-corrected chi connectivity index (χ1v) is 9.09. The predicted molar refractivity (Wildman–Crippen MR) is 98.6 cm³/mol. The highest BCUT2D eigenvalue weighted by atomic mass is 32.1. The van der Waals surface area contributed by atoms with Crippen molar-refractivity contribution in [2.45, 2.75) is 25.7 Å². The van der Waals surface area contributed by atoms with Gasteiger partial charge in [-0.1, -0.05) is 18.2 Å². The van der Waals surface area contributed by atoms with E-state index >= 15 is 0 Å². The maximum absolute atomic E-state index is 12.3. The number of thiophene rings is 1. The molecule has 1 aliphatic carbocycles. The zero-order chi connectivity index (χ0) is 18.5. The summed E-state index contributed by atoms with van der Waals surface area (Å²) >= 11 is 1.38. The fourth-order valence-electron chi connectivity index (χ4n) is 2.87. The molecule has 1 aliphatic rings. The van der Waals surface area contributed by atoms with Crippen LogP contribution in [0.25, 0.3) is 0 Å². The van der Waals surface area contributed by atoms with Crippen molar-refractivity contribution >= 4 is 34.2 Å². The average molecular weight is 373 g/mol. The highest BCUT2D eigenvalue weighted by molar-refractivity contribution is 7.17. The second kappa shape index (κ2) is 8.01. The van der Waals surface area contributed by atoms with E-state index < -0.39 is 11.9 Å². The lowest BCUT2D eigenvalue weighted by Crippen LogP contribution is -2.35. The molecule has 0 saturated carbocycles. The number of carbonyl (C=O) groups is 3. The van der Waals surface area contributed by atoms with E-state index in [2.05, 4.69) is 10.6 Å². The van der Waals surface area contributed by atoms with Gasteiger partial charge in [0.1, 0.15) is 10.8 Å². The number of hydrogen-bond donors (Lipinski definition) is 3. The summed E-state index contributed by atoms with van der Waals surface area (Å²) in [6.07, 6.45) is 2.72. The van der Waals surface area contributed by atoms with Crippen LogP contribution in [0, 0.1) is 0 Å². The maximum atomic E-state index is 12.3. The molecule has 8 heteroatoms. The van der Waals surface area contributed by atoms with E-state index in [1.807, 2.05) is 30.3 Å². The van der Waals surface area contributed by atoms with E-state index in [1.165, 1.54) is 11.3 Å². The van der Waals surface area contributed by atoms with Crippen molar-refractivity contribution in [1.82, 2.24) is 5.32 Å². The van der Waals surface area contributed by atoms with Gasteiger partial charge in [0, 0.05) is 4.88 Å². The van der Waals surface area contributed by atoms with Gasteiger partial charge in [0.25, 0.3) is 5.91 Å². The number of nitrogens with one attached hydrogen (secondary N) is 2. The number of amides is 4. The third kappa shape index (κ3) is 4.20. The maximum Gasteiger partial charge on any atom is 0.319 e. The molecule has 1 heterocycles. The minimum Gasteiger partial charge on any atom is -0.493 e. The van der Waals surface area contributed by atoms with E-state index in [0.717, 1.165) is 29.7 Å². The molecule has 1 aromatic carbocycles. The number of hydrogen-bond acceptors (Lipinski definition) is 5. The lowest BCUT2D eigenvalue weighted by Gasteiger charge is -2.09. The van der Waals surface area contributed by atoms with Gasteiger partial charge in [-0.15, -0.1) is 11.3 Å². The topological polar surface area (TPSA) is 111 Å². The Hall–Kier alpha value is -2.87. The number of aryl methyl sites for hydroxylation is 1. The van der Waals surface area contributed by atoms with Crippen LogP contribution in [0.15, 0.2) is 30.3 Å². The van der Waals surface area contributed by atoms with Crippen LogP contribution >= 0.6 is 11.3 Å². The minimum absolute atomic E-state index is 0.147. The van der Waals surface area contributed by atoms with E-state index in [-0.39, 0.29) is 18.9 Å². The molecule has 136 valence electrons. The molecule has 0 atom stereocenters. The Morgan fingerprint density at radius 2 is 1.92 bits per heavy atom. The predicted octanol–water partition coefficient (Wildman–Crippen LogP) is 2.45. The highest BCUT2D eigenvalue weighted by Gasteiger charge is 2.27. The summed E-state index contributed by atoms with van der Waals surface area (Å²) in [5.74, 6) is -0.140. The van der Waals surface area contributed by atoms with E-state index in [0.29, 0.717) is 16.3 Å². The van der Waals surface area contributed by atoms with Gasteiger partial charge in [-0.3, -0.25) is 14.9 Å². The molecule has 4 amide bonds. The largest absolute Gasteiger partial charge is 0.493 e.